The van der Waals surface area contributed by atoms with E-state index in [0.29, 0.717) is 17.5 Å². The topological polar surface area (TPSA) is 50.4 Å². The van der Waals surface area contributed by atoms with Crippen LogP contribution in [0.5, 0.6) is 0 Å². The van der Waals surface area contributed by atoms with Crippen molar-refractivity contribution in [2.75, 3.05) is 11.5 Å². The van der Waals surface area contributed by atoms with Crippen molar-refractivity contribution < 1.29 is 9.53 Å². The summed E-state index contributed by atoms with van der Waals surface area (Å²) in [5.74, 6) is 2.51. The second-order valence-electron chi connectivity index (χ2n) is 8.73. The summed E-state index contributed by atoms with van der Waals surface area (Å²) in [4.78, 5) is 11.9. The molecule has 0 aromatic rings. The maximum absolute atomic E-state index is 11.9. The summed E-state index contributed by atoms with van der Waals surface area (Å²) in [6.45, 7) is 10.5. The number of alkyl carbamates (subject to hydrolysis) is 1. The monoisotopic (exact) mass is 342 g/mol. The van der Waals surface area contributed by atoms with Gasteiger partial charge in [-0.15, -0.1) is 0 Å². The highest BCUT2D eigenvalue weighted by molar-refractivity contribution is 7.99. The molecule has 1 heterocycles. The molecule has 2 fully saturated rings. The van der Waals surface area contributed by atoms with Crippen LogP contribution in [0.4, 0.5) is 4.79 Å². The van der Waals surface area contributed by atoms with Crippen LogP contribution in [0.15, 0.2) is 0 Å². The minimum atomic E-state index is -0.424. The normalized spacial score (nSPS) is 31.4. The average molecular weight is 343 g/mol. The lowest BCUT2D eigenvalue weighted by atomic mass is 9.81. The van der Waals surface area contributed by atoms with Gasteiger partial charge in [0.05, 0.1) is 0 Å². The Morgan fingerprint density at radius 2 is 1.74 bits per heavy atom. The van der Waals surface area contributed by atoms with Crippen LogP contribution in [-0.2, 0) is 4.74 Å². The molecule has 4 nitrogen and oxygen atoms in total. The first kappa shape index (κ1) is 18.9. The molecule has 1 saturated heterocycles. The van der Waals surface area contributed by atoms with Gasteiger partial charge in [0, 0.05) is 23.9 Å². The van der Waals surface area contributed by atoms with E-state index in [9.17, 15) is 4.79 Å². The van der Waals surface area contributed by atoms with Crippen LogP contribution < -0.4 is 10.6 Å². The highest BCUT2D eigenvalue weighted by Gasteiger charge is 2.34. The Bertz CT molecular complexity index is 398. The van der Waals surface area contributed by atoms with E-state index in [-0.39, 0.29) is 12.1 Å². The number of amides is 1. The lowest BCUT2D eigenvalue weighted by Crippen LogP contribution is -2.52. The van der Waals surface area contributed by atoms with Crippen molar-refractivity contribution in [3.63, 3.8) is 0 Å². The van der Waals surface area contributed by atoms with Gasteiger partial charge in [-0.1, -0.05) is 13.8 Å². The zero-order chi connectivity index (χ0) is 17.1. The minimum Gasteiger partial charge on any atom is -0.444 e. The molecule has 1 atom stereocenters. The van der Waals surface area contributed by atoms with Crippen molar-refractivity contribution in [1.82, 2.24) is 10.6 Å². The Labute approximate surface area is 145 Å². The van der Waals surface area contributed by atoms with Crippen LogP contribution >= 0.6 is 11.8 Å². The third-order valence-corrected chi connectivity index (χ3v) is 6.07. The Hall–Kier alpha value is -0.420. The van der Waals surface area contributed by atoms with Crippen molar-refractivity contribution in [3.8, 4) is 0 Å². The summed E-state index contributed by atoms with van der Waals surface area (Å²) >= 11 is 2.07. The van der Waals surface area contributed by atoms with Gasteiger partial charge in [0.1, 0.15) is 5.60 Å². The maximum atomic E-state index is 11.9. The first-order valence-corrected chi connectivity index (χ1v) is 10.1. The Morgan fingerprint density at radius 1 is 1.13 bits per heavy atom. The lowest BCUT2D eigenvalue weighted by molar-refractivity contribution is 0.0488. The molecule has 1 aliphatic heterocycles. The summed E-state index contributed by atoms with van der Waals surface area (Å²) < 4.78 is 5.35. The Kier molecular flexibility index (Phi) is 6.28. The SMILES string of the molecule is CC(C)(C)OC(=O)NC1CCC(NC2CSCCC2(C)C)CC1. The molecule has 0 bridgehead atoms. The Morgan fingerprint density at radius 3 is 2.30 bits per heavy atom. The van der Waals surface area contributed by atoms with Crippen LogP contribution in [0.2, 0.25) is 0 Å². The molecule has 1 saturated carbocycles. The molecule has 1 amide bonds. The van der Waals surface area contributed by atoms with Gasteiger partial charge in [0.2, 0.25) is 0 Å². The largest absolute Gasteiger partial charge is 0.444 e. The zero-order valence-corrected chi connectivity index (χ0v) is 16.2. The van der Waals surface area contributed by atoms with Gasteiger partial charge in [-0.25, -0.2) is 4.79 Å². The van der Waals surface area contributed by atoms with Crippen molar-refractivity contribution >= 4 is 17.9 Å². The molecule has 0 radical (unpaired) electrons. The van der Waals surface area contributed by atoms with E-state index in [2.05, 4.69) is 36.2 Å². The quantitative estimate of drug-likeness (QED) is 0.815. The average Bonchev–Trinajstić information content (AvgIpc) is 2.41. The fourth-order valence-electron chi connectivity index (χ4n) is 3.37. The second-order valence-corrected chi connectivity index (χ2v) is 9.88. The number of nitrogens with one attached hydrogen (secondary N) is 2. The number of carbonyl (C=O) groups is 1. The van der Waals surface area contributed by atoms with Gasteiger partial charge in [-0.05, 0) is 64.0 Å². The molecule has 0 aromatic heterocycles. The van der Waals surface area contributed by atoms with E-state index in [1.54, 1.807) is 0 Å². The molecule has 1 aliphatic carbocycles. The number of thioether (sulfide) groups is 1. The third kappa shape index (κ3) is 6.18. The molecule has 23 heavy (non-hydrogen) atoms. The molecule has 134 valence electrons. The molecule has 0 spiro atoms. The predicted octanol–water partition coefficient (Wildman–Crippen LogP) is 3.94. The van der Waals surface area contributed by atoms with Crippen LogP contribution in [0.25, 0.3) is 0 Å². The molecule has 2 rings (SSSR count). The summed E-state index contributed by atoms with van der Waals surface area (Å²) in [6.07, 6.45) is 5.37. The number of ether oxygens (including phenoxy) is 1. The highest BCUT2D eigenvalue weighted by atomic mass is 32.2. The van der Waals surface area contributed by atoms with Crippen LogP contribution in [0.3, 0.4) is 0 Å². The van der Waals surface area contributed by atoms with Crippen LogP contribution in [-0.4, -0.2) is 41.3 Å². The van der Waals surface area contributed by atoms with E-state index in [1.165, 1.54) is 17.9 Å². The lowest BCUT2D eigenvalue weighted by Gasteiger charge is -2.42. The van der Waals surface area contributed by atoms with E-state index in [4.69, 9.17) is 4.74 Å². The van der Waals surface area contributed by atoms with Gasteiger partial charge in [-0.2, -0.15) is 11.8 Å². The van der Waals surface area contributed by atoms with Crippen molar-refractivity contribution in [2.45, 2.75) is 90.4 Å². The van der Waals surface area contributed by atoms with Gasteiger partial charge < -0.3 is 15.4 Å². The van der Waals surface area contributed by atoms with Gasteiger partial charge >= 0.3 is 6.09 Å². The number of carbonyl (C=O) groups excluding carboxylic acids is 1. The van der Waals surface area contributed by atoms with Crippen LogP contribution in [0.1, 0.15) is 66.7 Å². The maximum Gasteiger partial charge on any atom is 0.407 e. The van der Waals surface area contributed by atoms with Crippen LogP contribution in [0, 0.1) is 5.41 Å². The smallest absolute Gasteiger partial charge is 0.407 e. The number of hydrogen-bond acceptors (Lipinski definition) is 4. The Balaban J connectivity index is 1.72. The van der Waals surface area contributed by atoms with Gasteiger partial charge in [0.25, 0.3) is 0 Å². The molecule has 5 heteroatoms. The number of hydrogen-bond donors (Lipinski definition) is 2. The first-order valence-electron chi connectivity index (χ1n) is 8.99. The highest BCUT2D eigenvalue weighted by Crippen LogP contribution is 2.35. The first-order chi connectivity index (χ1) is 10.7. The molecular weight excluding hydrogens is 308 g/mol. The van der Waals surface area contributed by atoms with E-state index < -0.39 is 5.60 Å². The molecule has 2 aliphatic rings. The van der Waals surface area contributed by atoms with Gasteiger partial charge in [0.15, 0.2) is 0 Å². The van der Waals surface area contributed by atoms with E-state index in [1.807, 2.05) is 20.8 Å². The predicted molar refractivity (Wildman–Crippen MR) is 98.1 cm³/mol. The van der Waals surface area contributed by atoms with Crippen molar-refractivity contribution in [2.24, 2.45) is 5.41 Å². The fraction of sp³-hybridized carbons (Fsp3) is 0.944. The molecule has 2 N–H and O–H groups in total. The second kappa shape index (κ2) is 7.64. The zero-order valence-electron chi connectivity index (χ0n) is 15.4. The number of rotatable bonds is 3. The standard InChI is InChI=1S/C18H34N2O2S/c1-17(2,3)22-16(21)20-14-8-6-13(7-9-14)19-15-12-23-11-10-18(15,4)5/h13-15,19H,6-12H2,1-5H3,(H,20,21). The molecule has 0 aromatic carbocycles. The van der Waals surface area contributed by atoms with E-state index >= 15 is 0 Å². The van der Waals surface area contributed by atoms with Gasteiger partial charge in [-0.3, -0.25) is 0 Å². The van der Waals surface area contributed by atoms with Crippen molar-refractivity contribution in [3.05, 3.63) is 0 Å². The molecular formula is C18H34N2O2S. The minimum absolute atomic E-state index is 0.261. The summed E-state index contributed by atoms with van der Waals surface area (Å²) in [5.41, 5.74) is -0.0239. The summed E-state index contributed by atoms with van der Waals surface area (Å²) in [7, 11) is 0. The summed E-state index contributed by atoms with van der Waals surface area (Å²) in [6, 6.07) is 1.47. The fourth-order valence-corrected chi connectivity index (χ4v) is 4.99. The summed E-state index contributed by atoms with van der Waals surface area (Å²) in [5, 5.41) is 6.92. The van der Waals surface area contributed by atoms with Crippen molar-refractivity contribution in [1.29, 1.82) is 0 Å². The van der Waals surface area contributed by atoms with E-state index in [0.717, 1.165) is 25.7 Å². The molecule has 1 unspecified atom stereocenters. The third-order valence-electron chi connectivity index (χ3n) is 5.00.